The molecule has 1 aromatic carbocycles. The minimum Gasteiger partial charge on any atom is -0.338 e. The molecule has 0 N–H and O–H groups in total. The van der Waals surface area contributed by atoms with Crippen molar-refractivity contribution in [3.8, 4) is 0 Å². The molecule has 1 amide bonds. The van der Waals surface area contributed by atoms with Crippen molar-refractivity contribution in [3.05, 3.63) is 46.1 Å². The second-order valence-electron chi connectivity index (χ2n) is 4.60. The van der Waals surface area contributed by atoms with Crippen molar-refractivity contribution >= 4 is 16.7 Å². The Morgan fingerprint density at radius 2 is 1.90 bits per heavy atom. The van der Waals surface area contributed by atoms with Crippen molar-refractivity contribution in [2.75, 3.05) is 13.1 Å². The molecule has 0 radical (unpaired) electrons. The van der Waals surface area contributed by atoms with E-state index in [-0.39, 0.29) is 17.2 Å². The number of fused-ring (bicyclic) bond motifs is 1. The molecule has 0 aliphatic rings. The summed E-state index contributed by atoms with van der Waals surface area (Å²) in [5, 5.41) is 0.855. The summed E-state index contributed by atoms with van der Waals surface area (Å²) in [6, 6.07) is 5.53. The van der Waals surface area contributed by atoms with Crippen LogP contribution in [0, 0.1) is 5.82 Å². The summed E-state index contributed by atoms with van der Waals surface area (Å²) >= 11 is 0. The van der Waals surface area contributed by atoms with Crippen LogP contribution in [0.25, 0.3) is 10.8 Å². The number of benzene rings is 1. The fraction of sp³-hybridized carbons (Fsp3) is 0.333. The number of amides is 1. The first kappa shape index (κ1) is 14.2. The van der Waals surface area contributed by atoms with Gasteiger partial charge in [0, 0.05) is 25.5 Å². The fourth-order valence-corrected chi connectivity index (χ4v) is 2.26. The number of halogens is 1. The van der Waals surface area contributed by atoms with E-state index in [1.807, 2.05) is 13.8 Å². The molecule has 0 fully saturated rings. The van der Waals surface area contributed by atoms with Gasteiger partial charge in [-0.05, 0) is 43.5 Å². The van der Waals surface area contributed by atoms with Gasteiger partial charge in [-0.1, -0.05) is 0 Å². The van der Waals surface area contributed by atoms with Gasteiger partial charge in [-0.3, -0.25) is 9.59 Å². The minimum absolute atomic E-state index is 0.222. The second kappa shape index (κ2) is 5.45. The standard InChI is InChI=1S/C15H17FN2O2/c1-4-18(5-2)15(20)13-9-10-8-11(16)6-7-12(10)14(19)17(13)3/h6-9H,4-5H2,1-3H3. The van der Waals surface area contributed by atoms with Crippen LogP contribution in [-0.2, 0) is 7.05 Å². The van der Waals surface area contributed by atoms with E-state index in [4.69, 9.17) is 0 Å². The van der Waals surface area contributed by atoms with E-state index in [1.54, 1.807) is 18.0 Å². The lowest BCUT2D eigenvalue weighted by Crippen LogP contribution is -2.35. The number of carbonyl (C=O) groups is 1. The zero-order valence-corrected chi connectivity index (χ0v) is 11.8. The average Bonchev–Trinajstić information content (AvgIpc) is 2.43. The Morgan fingerprint density at radius 1 is 1.25 bits per heavy atom. The Labute approximate surface area is 116 Å². The van der Waals surface area contributed by atoms with Crippen LogP contribution in [0.3, 0.4) is 0 Å². The van der Waals surface area contributed by atoms with Crippen molar-refractivity contribution in [1.82, 2.24) is 9.47 Å². The van der Waals surface area contributed by atoms with Crippen LogP contribution in [0.2, 0.25) is 0 Å². The molecule has 0 aliphatic heterocycles. The zero-order valence-electron chi connectivity index (χ0n) is 11.8. The summed E-state index contributed by atoms with van der Waals surface area (Å²) in [7, 11) is 1.56. The van der Waals surface area contributed by atoms with Gasteiger partial charge in [0.15, 0.2) is 0 Å². The first-order valence-corrected chi connectivity index (χ1v) is 6.58. The third-order valence-corrected chi connectivity index (χ3v) is 3.47. The van der Waals surface area contributed by atoms with Gasteiger partial charge < -0.3 is 9.47 Å². The van der Waals surface area contributed by atoms with Crippen LogP contribution in [0.1, 0.15) is 24.3 Å². The van der Waals surface area contributed by atoms with Gasteiger partial charge in [-0.2, -0.15) is 0 Å². The number of rotatable bonds is 3. The molecule has 2 aromatic rings. The molecule has 1 aromatic heterocycles. The number of aromatic nitrogens is 1. The molecule has 4 nitrogen and oxygen atoms in total. The quantitative estimate of drug-likeness (QED) is 0.862. The highest BCUT2D eigenvalue weighted by Gasteiger charge is 2.17. The second-order valence-corrected chi connectivity index (χ2v) is 4.60. The molecule has 0 aliphatic carbocycles. The highest BCUT2D eigenvalue weighted by Crippen LogP contribution is 2.15. The Hall–Kier alpha value is -2.17. The van der Waals surface area contributed by atoms with Crippen LogP contribution >= 0.6 is 0 Å². The van der Waals surface area contributed by atoms with Crippen molar-refractivity contribution in [2.45, 2.75) is 13.8 Å². The van der Waals surface area contributed by atoms with E-state index in [2.05, 4.69) is 0 Å². The van der Waals surface area contributed by atoms with Gasteiger partial charge in [0.25, 0.3) is 11.5 Å². The van der Waals surface area contributed by atoms with Gasteiger partial charge >= 0.3 is 0 Å². The molecule has 0 spiro atoms. The van der Waals surface area contributed by atoms with Crippen LogP contribution in [0.15, 0.2) is 29.1 Å². The highest BCUT2D eigenvalue weighted by molar-refractivity contribution is 5.96. The van der Waals surface area contributed by atoms with Gasteiger partial charge in [0.2, 0.25) is 0 Å². The molecule has 0 saturated carbocycles. The number of carbonyl (C=O) groups excluding carboxylic acids is 1. The SMILES string of the molecule is CCN(CC)C(=O)c1cc2cc(F)ccc2c(=O)n1C. The molecule has 20 heavy (non-hydrogen) atoms. The summed E-state index contributed by atoms with van der Waals surface area (Å²) < 4.78 is 14.6. The maximum Gasteiger partial charge on any atom is 0.270 e. The van der Waals surface area contributed by atoms with Gasteiger partial charge in [0.05, 0.1) is 0 Å². The lowest BCUT2D eigenvalue weighted by atomic mass is 10.1. The molecule has 5 heteroatoms. The monoisotopic (exact) mass is 276 g/mol. The van der Waals surface area contributed by atoms with Crippen molar-refractivity contribution in [2.24, 2.45) is 7.05 Å². The first-order valence-electron chi connectivity index (χ1n) is 6.58. The lowest BCUT2D eigenvalue weighted by molar-refractivity contribution is 0.0762. The van der Waals surface area contributed by atoms with E-state index in [1.165, 1.54) is 22.8 Å². The predicted molar refractivity (Wildman–Crippen MR) is 76.4 cm³/mol. The highest BCUT2D eigenvalue weighted by atomic mass is 19.1. The lowest BCUT2D eigenvalue weighted by Gasteiger charge is -2.20. The Balaban J connectivity index is 2.68. The zero-order chi connectivity index (χ0) is 14.9. The molecule has 2 rings (SSSR count). The third-order valence-electron chi connectivity index (χ3n) is 3.47. The Bertz CT molecular complexity index is 718. The normalized spacial score (nSPS) is 10.8. The van der Waals surface area contributed by atoms with Crippen molar-refractivity contribution in [3.63, 3.8) is 0 Å². The first-order chi connectivity index (χ1) is 9.49. The summed E-state index contributed by atoms with van der Waals surface area (Å²) in [6.07, 6.45) is 0. The fourth-order valence-electron chi connectivity index (χ4n) is 2.26. The maximum atomic E-state index is 13.3. The molecule has 0 unspecified atom stereocenters. The predicted octanol–water partition coefficient (Wildman–Crippen LogP) is 2.16. The van der Waals surface area contributed by atoms with E-state index in [9.17, 15) is 14.0 Å². The summed E-state index contributed by atoms with van der Waals surface area (Å²) in [5.74, 6) is -0.646. The van der Waals surface area contributed by atoms with Crippen LogP contribution < -0.4 is 5.56 Å². The van der Waals surface area contributed by atoms with Crippen LogP contribution in [0.5, 0.6) is 0 Å². The van der Waals surface area contributed by atoms with E-state index >= 15 is 0 Å². The molecular weight excluding hydrogens is 259 g/mol. The van der Waals surface area contributed by atoms with Gasteiger partial charge in [-0.15, -0.1) is 0 Å². The van der Waals surface area contributed by atoms with Gasteiger partial charge in [-0.25, -0.2) is 4.39 Å². The summed E-state index contributed by atoms with van der Waals surface area (Å²) in [6.45, 7) is 4.87. The van der Waals surface area contributed by atoms with E-state index in [0.717, 1.165) is 0 Å². The largest absolute Gasteiger partial charge is 0.338 e. The molecule has 0 saturated heterocycles. The molecular formula is C15H17FN2O2. The Morgan fingerprint density at radius 3 is 2.50 bits per heavy atom. The molecule has 1 heterocycles. The average molecular weight is 276 g/mol. The number of pyridine rings is 1. The molecule has 0 atom stereocenters. The summed E-state index contributed by atoms with van der Waals surface area (Å²) in [5.41, 5.74) is -0.0187. The smallest absolute Gasteiger partial charge is 0.270 e. The Kier molecular flexibility index (Phi) is 3.88. The van der Waals surface area contributed by atoms with Crippen LogP contribution in [-0.4, -0.2) is 28.5 Å². The van der Waals surface area contributed by atoms with Crippen molar-refractivity contribution < 1.29 is 9.18 Å². The topological polar surface area (TPSA) is 42.3 Å². The van der Waals surface area contributed by atoms with Crippen molar-refractivity contribution in [1.29, 1.82) is 0 Å². The number of hydrogen-bond acceptors (Lipinski definition) is 2. The minimum atomic E-state index is -0.424. The molecule has 0 bridgehead atoms. The van der Waals surface area contributed by atoms with E-state index in [0.29, 0.717) is 23.9 Å². The molecule has 106 valence electrons. The van der Waals surface area contributed by atoms with Crippen LogP contribution in [0.4, 0.5) is 4.39 Å². The third kappa shape index (κ3) is 2.31. The number of nitrogens with zero attached hydrogens (tertiary/aromatic N) is 2. The van der Waals surface area contributed by atoms with Gasteiger partial charge in [0.1, 0.15) is 11.5 Å². The van der Waals surface area contributed by atoms with E-state index < -0.39 is 5.82 Å². The summed E-state index contributed by atoms with van der Waals surface area (Å²) in [4.78, 5) is 26.2. The maximum absolute atomic E-state index is 13.3. The number of hydrogen-bond donors (Lipinski definition) is 0.